The van der Waals surface area contributed by atoms with Gasteiger partial charge in [0, 0.05) is 12.1 Å². The molecule has 0 aliphatic carbocycles. The van der Waals surface area contributed by atoms with Crippen LogP contribution in [0, 0.1) is 0 Å². The van der Waals surface area contributed by atoms with Gasteiger partial charge in [-0.05, 0) is 17.7 Å². The van der Waals surface area contributed by atoms with Gasteiger partial charge in [-0.3, -0.25) is 19.8 Å². The number of hydrogen-bond acceptors (Lipinski definition) is 6. The van der Waals surface area contributed by atoms with Crippen molar-refractivity contribution in [1.29, 1.82) is 0 Å². The van der Waals surface area contributed by atoms with E-state index in [0.717, 1.165) is 0 Å². The summed E-state index contributed by atoms with van der Waals surface area (Å²) < 4.78 is 10.4. The molecule has 0 aliphatic heterocycles. The van der Waals surface area contributed by atoms with Gasteiger partial charge in [0.25, 0.3) is 5.91 Å². The fourth-order valence-corrected chi connectivity index (χ4v) is 2.37. The first-order chi connectivity index (χ1) is 12.2. The molecule has 0 saturated carbocycles. The Morgan fingerprint density at radius 1 is 1.04 bits per heavy atom. The van der Waals surface area contributed by atoms with E-state index in [4.69, 9.17) is 9.47 Å². The van der Waals surface area contributed by atoms with Gasteiger partial charge in [-0.2, -0.15) is 0 Å². The van der Waals surface area contributed by atoms with Gasteiger partial charge in [-0.25, -0.2) is 5.43 Å². The molecule has 0 heterocycles. The molecular weight excluding hydrogens is 324 g/mol. The van der Waals surface area contributed by atoms with E-state index in [1.54, 1.807) is 36.4 Å². The second-order valence-electron chi connectivity index (χ2n) is 5.00. The third kappa shape index (κ3) is 4.02. The van der Waals surface area contributed by atoms with Crippen molar-refractivity contribution in [2.45, 2.75) is 6.54 Å². The monoisotopic (exact) mass is 342 g/mol. The Kier molecular flexibility index (Phi) is 6.25. The first-order valence-electron chi connectivity index (χ1n) is 7.42. The predicted molar refractivity (Wildman–Crippen MR) is 91.1 cm³/mol. The lowest BCUT2D eigenvalue weighted by Gasteiger charge is -2.14. The fraction of sp³-hybridized carbons (Fsp3) is 0.167. The lowest BCUT2D eigenvalue weighted by Crippen LogP contribution is -2.37. The number of methoxy groups -OCH3 is 2. The van der Waals surface area contributed by atoms with Crippen molar-refractivity contribution in [3.05, 3.63) is 58.7 Å². The maximum absolute atomic E-state index is 12.1. The number of rotatable bonds is 8. The van der Waals surface area contributed by atoms with Gasteiger partial charge in [-0.15, -0.1) is 0 Å². The predicted octanol–water partition coefficient (Wildman–Crippen LogP) is 1.76. The summed E-state index contributed by atoms with van der Waals surface area (Å²) in [7, 11) is 2.93. The van der Waals surface area contributed by atoms with Gasteiger partial charge in [-0.1, -0.05) is 24.3 Å². The number of carbonyl (C=O) groups excluding carboxylic acids is 3. The van der Waals surface area contributed by atoms with E-state index in [1.807, 2.05) is 0 Å². The molecule has 0 aliphatic rings. The lowest BCUT2D eigenvalue weighted by atomic mass is 10.1. The first-order valence-corrected chi connectivity index (χ1v) is 7.42. The molecule has 0 atom stereocenters. The summed E-state index contributed by atoms with van der Waals surface area (Å²) in [6, 6.07) is 9.82. The van der Waals surface area contributed by atoms with E-state index < -0.39 is 5.91 Å². The quantitative estimate of drug-likeness (QED) is 0.561. The van der Waals surface area contributed by atoms with Crippen LogP contribution in [0.3, 0.4) is 0 Å². The van der Waals surface area contributed by atoms with Crippen LogP contribution >= 0.6 is 0 Å². The molecule has 2 N–H and O–H groups in total. The number of nitrogens with one attached hydrogen (secondary N) is 2. The van der Waals surface area contributed by atoms with Crippen molar-refractivity contribution in [1.82, 2.24) is 10.9 Å². The highest BCUT2D eigenvalue weighted by Crippen LogP contribution is 2.32. The zero-order valence-corrected chi connectivity index (χ0v) is 13.9. The molecule has 2 aromatic rings. The SMILES string of the molecule is COc1ccc(CNNC(=O)c2ccccc2C=O)c(C=O)c1OC. The Balaban J connectivity index is 2.10. The van der Waals surface area contributed by atoms with Crippen LogP contribution in [0.15, 0.2) is 36.4 Å². The van der Waals surface area contributed by atoms with E-state index >= 15 is 0 Å². The summed E-state index contributed by atoms with van der Waals surface area (Å²) in [4.78, 5) is 34.5. The molecular formula is C18H18N2O5. The molecule has 0 bridgehead atoms. The Morgan fingerprint density at radius 3 is 2.44 bits per heavy atom. The number of benzene rings is 2. The van der Waals surface area contributed by atoms with Crippen LogP contribution in [0.1, 0.15) is 36.6 Å². The highest BCUT2D eigenvalue weighted by molar-refractivity contribution is 6.01. The Labute approximate surface area is 144 Å². The maximum Gasteiger partial charge on any atom is 0.266 e. The number of hydrogen-bond donors (Lipinski definition) is 2. The zero-order chi connectivity index (χ0) is 18.2. The summed E-state index contributed by atoms with van der Waals surface area (Å²) in [5.74, 6) is 0.322. The first kappa shape index (κ1) is 18.2. The van der Waals surface area contributed by atoms with Crippen molar-refractivity contribution in [3.63, 3.8) is 0 Å². The van der Waals surface area contributed by atoms with Crippen LogP contribution in [-0.2, 0) is 6.54 Å². The second-order valence-corrected chi connectivity index (χ2v) is 5.00. The van der Waals surface area contributed by atoms with Crippen LogP contribution in [0.4, 0.5) is 0 Å². The molecule has 0 unspecified atom stereocenters. The Hall–Kier alpha value is -3.19. The molecule has 2 aromatic carbocycles. The Morgan fingerprint density at radius 2 is 1.80 bits per heavy atom. The zero-order valence-electron chi connectivity index (χ0n) is 13.9. The number of amides is 1. The maximum atomic E-state index is 12.1. The molecule has 0 saturated heterocycles. The van der Waals surface area contributed by atoms with Crippen molar-refractivity contribution < 1.29 is 23.9 Å². The number of carbonyl (C=O) groups is 3. The summed E-state index contributed by atoms with van der Waals surface area (Å²) >= 11 is 0. The van der Waals surface area contributed by atoms with Gasteiger partial charge < -0.3 is 9.47 Å². The highest BCUT2D eigenvalue weighted by Gasteiger charge is 2.15. The van der Waals surface area contributed by atoms with Gasteiger partial charge in [0.2, 0.25) is 0 Å². The van der Waals surface area contributed by atoms with E-state index in [0.29, 0.717) is 40.8 Å². The lowest BCUT2D eigenvalue weighted by molar-refractivity contribution is 0.0927. The molecule has 0 spiro atoms. The molecule has 25 heavy (non-hydrogen) atoms. The van der Waals surface area contributed by atoms with Gasteiger partial charge in [0.1, 0.15) is 0 Å². The number of ether oxygens (including phenoxy) is 2. The van der Waals surface area contributed by atoms with Crippen LogP contribution in [0.25, 0.3) is 0 Å². The molecule has 130 valence electrons. The second kappa shape index (κ2) is 8.60. The standard InChI is InChI=1S/C18H18N2O5/c1-24-16-8-7-12(15(11-22)17(16)25-2)9-19-20-18(23)14-6-4-3-5-13(14)10-21/h3-8,10-11,19H,9H2,1-2H3,(H,20,23). The topological polar surface area (TPSA) is 93.7 Å². The van der Waals surface area contributed by atoms with E-state index in [9.17, 15) is 14.4 Å². The molecule has 7 nitrogen and oxygen atoms in total. The molecule has 0 radical (unpaired) electrons. The highest BCUT2D eigenvalue weighted by atomic mass is 16.5. The summed E-state index contributed by atoms with van der Waals surface area (Å²) in [6.07, 6.45) is 1.29. The summed E-state index contributed by atoms with van der Waals surface area (Å²) in [5, 5.41) is 0. The van der Waals surface area contributed by atoms with Crippen molar-refractivity contribution in [3.8, 4) is 11.5 Å². The number of hydrazine groups is 1. The minimum absolute atomic E-state index is 0.184. The molecule has 0 fully saturated rings. The van der Waals surface area contributed by atoms with Gasteiger partial charge in [0.05, 0.1) is 25.3 Å². The van der Waals surface area contributed by atoms with Crippen LogP contribution in [-0.4, -0.2) is 32.7 Å². The van der Waals surface area contributed by atoms with Crippen LogP contribution < -0.4 is 20.3 Å². The van der Waals surface area contributed by atoms with Crippen molar-refractivity contribution >= 4 is 18.5 Å². The fourth-order valence-electron chi connectivity index (χ4n) is 2.37. The third-order valence-electron chi connectivity index (χ3n) is 3.61. The smallest absolute Gasteiger partial charge is 0.266 e. The summed E-state index contributed by atoms with van der Waals surface area (Å²) in [5.41, 5.74) is 6.75. The van der Waals surface area contributed by atoms with E-state index in [2.05, 4.69) is 10.9 Å². The van der Waals surface area contributed by atoms with Crippen LogP contribution in [0.5, 0.6) is 11.5 Å². The average molecular weight is 342 g/mol. The minimum Gasteiger partial charge on any atom is -0.493 e. The Bertz CT molecular complexity index is 789. The van der Waals surface area contributed by atoms with Gasteiger partial charge in [0.15, 0.2) is 24.1 Å². The van der Waals surface area contributed by atoms with Crippen LogP contribution in [0.2, 0.25) is 0 Å². The molecule has 7 heteroatoms. The van der Waals surface area contributed by atoms with E-state index in [-0.39, 0.29) is 12.1 Å². The summed E-state index contributed by atoms with van der Waals surface area (Å²) in [6.45, 7) is 0.184. The largest absolute Gasteiger partial charge is 0.493 e. The normalized spacial score (nSPS) is 10.0. The molecule has 2 rings (SSSR count). The average Bonchev–Trinajstić information content (AvgIpc) is 2.66. The minimum atomic E-state index is -0.448. The van der Waals surface area contributed by atoms with E-state index in [1.165, 1.54) is 14.2 Å². The van der Waals surface area contributed by atoms with Gasteiger partial charge >= 0.3 is 0 Å². The molecule has 1 amide bonds. The van der Waals surface area contributed by atoms with Crippen molar-refractivity contribution in [2.24, 2.45) is 0 Å². The molecule has 0 aromatic heterocycles. The van der Waals surface area contributed by atoms with Crippen molar-refractivity contribution in [2.75, 3.05) is 14.2 Å². The number of aldehydes is 2. The third-order valence-corrected chi connectivity index (χ3v) is 3.61.